The highest BCUT2D eigenvalue weighted by atomic mass is 16.6. The molecule has 0 bridgehead atoms. The fourth-order valence-corrected chi connectivity index (χ4v) is 2.50. The Morgan fingerprint density at radius 2 is 1.45 bits per heavy atom. The zero-order valence-corrected chi connectivity index (χ0v) is 19.3. The molecule has 0 unspecified atom stereocenters. The molecule has 0 saturated heterocycles. The average molecular weight is 454 g/mol. The third-order valence-corrected chi connectivity index (χ3v) is 4.01. The van der Waals surface area contributed by atoms with Gasteiger partial charge in [-0.15, -0.1) is 4.91 Å². The minimum absolute atomic E-state index is 0.0249. The maximum Gasteiger partial charge on any atom is 0.252 e. The van der Waals surface area contributed by atoms with Crippen molar-refractivity contribution < 1.29 is 19.9 Å². The van der Waals surface area contributed by atoms with Gasteiger partial charge in [-0.2, -0.15) is 0 Å². The van der Waals surface area contributed by atoms with Gasteiger partial charge in [0.25, 0.3) is 11.8 Å². The van der Waals surface area contributed by atoms with Crippen molar-refractivity contribution in [1.82, 2.24) is 5.32 Å². The Bertz CT molecular complexity index is 967. The van der Waals surface area contributed by atoms with Crippen LogP contribution in [0.4, 0.5) is 5.69 Å². The summed E-state index contributed by atoms with van der Waals surface area (Å²) in [7, 11) is 1.63. The summed E-state index contributed by atoms with van der Waals surface area (Å²) in [5.41, 5.74) is 3.04. The number of anilines is 1. The third-order valence-electron chi connectivity index (χ3n) is 4.01. The fourth-order valence-electron chi connectivity index (χ4n) is 2.50. The number of hydrogen-bond acceptors (Lipinski definition) is 5. The number of carbonyl (C=O) groups is 2. The van der Waals surface area contributed by atoms with Gasteiger partial charge < -0.3 is 20.9 Å². The quantitative estimate of drug-likeness (QED) is 0.361. The highest BCUT2D eigenvalue weighted by Crippen LogP contribution is 2.15. The topological polar surface area (TPSA) is 128 Å². The standard InChI is InChI=1S/C14H13NO2.C9H11NO.C2H6.HNO2/c16-13-9-5-4-6-11(10-13)14(17)15-12-7-2-1-3-8-12;1-7-5-3-4-6-8(7)9(11)10-2;1-2;2-1-3/h1-9,16H,10H2,(H,15,17);3-6H,1-2H3,(H,10,11);1-2H3;(H,2,3). The average Bonchev–Trinajstić information content (AvgIpc) is 3.06. The van der Waals surface area contributed by atoms with Crippen molar-refractivity contribution >= 4 is 17.5 Å². The van der Waals surface area contributed by atoms with E-state index in [0.717, 1.165) is 16.8 Å². The van der Waals surface area contributed by atoms with Crippen LogP contribution in [0.2, 0.25) is 0 Å². The monoisotopic (exact) mass is 453 g/mol. The molecule has 0 saturated carbocycles. The van der Waals surface area contributed by atoms with Crippen LogP contribution in [0.5, 0.6) is 0 Å². The summed E-state index contributed by atoms with van der Waals surface area (Å²) in [6, 6.07) is 16.8. The Labute approximate surface area is 194 Å². The van der Waals surface area contributed by atoms with Gasteiger partial charge in [0.15, 0.2) is 5.34 Å². The number of allylic oxidation sites excluding steroid dienone is 5. The normalized spacial score (nSPS) is 11.2. The lowest BCUT2D eigenvalue weighted by atomic mass is 10.1. The van der Waals surface area contributed by atoms with Crippen molar-refractivity contribution in [2.24, 2.45) is 5.34 Å². The molecule has 1 aliphatic rings. The van der Waals surface area contributed by atoms with Crippen molar-refractivity contribution in [2.75, 3.05) is 12.4 Å². The predicted molar refractivity (Wildman–Crippen MR) is 131 cm³/mol. The van der Waals surface area contributed by atoms with E-state index >= 15 is 0 Å². The van der Waals surface area contributed by atoms with E-state index in [1.807, 2.05) is 75.4 Å². The van der Waals surface area contributed by atoms with Crippen LogP contribution < -0.4 is 10.6 Å². The molecule has 0 heterocycles. The largest absolute Gasteiger partial charge is 0.512 e. The molecule has 8 heteroatoms. The Morgan fingerprint density at radius 1 is 0.909 bits per heavy atom. The molecule has 0 atom stereocenters. The van der Waals surface area contributed by atoms with E-state index in [9.17, 15) is 14.7 Å². The van der Waals surface area contributed by atoms with Crippen LogP contribution in [0.3, 0.4) is 0 Å². The zero-order valence-electron chi connectivity index (χ0n) is 19.3. The number of aliphatic hydroxyl groups is 1. The van der Waals surface area contributed by atoms with Crippen LogP contribution in [-0.4, -0.2) is 29.2 Å². The lowest BCUT2D eigenvalue weighted by Crippen LogP contribution is -2.18. The number of para-hydroxylation sites is 1. The number of rotatable bonds is 3. The number of aryl methyl sites for hydroxylation is 1. The highest BCUT2D eigenvalue weighted by Gasteiger charge is 2.11. The van der Waals surface area contributed by atoms with Gasteiger partial charge >= 0.3 is 0 Å². The SMILES string of the molecule is CC.CNC(=O)c1ccccc1C.O=C(Nc1ccccc1)C1=CC=CC=C(O)C1.O=NO. The Morgan fingerprint density at radius 3 is 2.03 bits per heavy atom. The lowest BCUT2D eigenvalue weighted by Gasteiger charge is -2.07. The molecule has 176 valence electrons. The van der Waals surface area contributed by atoms with E-state index in [2.05, 4.69) is 10.6 Å². The number of amides is 2. The fraction of sp³-hybridized carbons (Fsp3) is 0.200. The minimum Gasteiger partial charge on any atom is -0.512 e. The van der Waals surface area contributed by atoms with Crippen LogP contribution in [0.15, 0.2) is 95.6 Å². The summed E-state index contributed by atoms with van der Waals surface area (Å²) in [5, 5.41) is 22.7. The number of benzene rings is 2. The first-order valence-electron chi connectivity index (χ1n) is 10.3. The molecule has 2 amide bonds. The van der Waals surface area contributed by atoms with Crippen molar-refractivity contribution in [3.8, 4) is 0 Å². The molecule has 33 heavy (non-hydrogen) atoms. The second kappa shape index (κ2) is 17.5. The van der Waals surface area contributed by atoms with Gasteiger partial charge in [-0.05, 0) is 36.8 Å². The summed E-state index contributed by atoms with van der Waals surface area (Å²) in [5.74, 6) is -0.0287. The summed E-state index contributed by atoms with van der Waals surface area (Å²) in [6.07, 6.45) is 6.99. The number of carbonyl (C=O) groups excluding carboxylic acids is 2. The van der Waals surface area contributed by atoms with Gasteiger partial charge in [-0.1, -0.05) is 68.5 Å². The third kappa shape index (κ3) is 11.7. The number of nitrogens with zero attached hydrogens (tertiary/aromatic N) is 1. The van der Waals surface area contributed by atoms with E-state index in [1.54, 1.807) is 31.4 Å². The number of aliphatic hydroxyl groups excluding tert-OH is 1. The number of nitrogens with one attached hydrogen (secondary N) is 2. The first-order valence-corrected chi connectivity index (χ1v) is 10.3. The van der Waals surface area contributed by atoms with Crippen LogP contribution >= 0.6 is 0 Å². The molecule has 0 aromatic heterocycles. The van der Waals surface area contributed by atoms with E-state index in [4.69, 9.17) is 10.1 Å². The highest BCUT2D eigenvalue weighted by molar-refractivity contribution is 6.04. The van der Waals surface area contributed by atoms with Crippen molar-refractivity contribution in [3.63, 3.8) is 0 Å². The van der Waals surface area contributed by atoms with E-state index < -0.39 is 0 Å². The molecule has 1 aliphatic carbocycles. The molecule has 8 nitrogen and oxygen atoms in total. The van der Waals surface area contributed by atoms with Crippen molar-refractivity contribution in [2.45, 2.75) is 27.2 Å². The molecule has 0 spiro atoms. The molecule has 3 rings (SSSR count). The zero-order chi connectivity index (χ0) is 25.1. The maximum absolute atomic E-state index is 11.9. The molecular formula is C25H31N3O5. The van der Waals surface area contributed by atoms with Crippen LogP contribution in [-0.2, 0) is 4.79 Å². The summed E-state index contributed by atoms with van der Waals surface area (Å²) in [6.45, 7) is 5.92. The Kier molecular flexibility index (Phi) is 15.3. The minimum atomic E-state index is -0.192. The van der Waals surface area contributed by atoms with Gasteiger partial charge in [0, 0.05) is 30.3 Å². The van der Waals surface area contributed by atoms with E-state index in [-0.39, 0.29) is 24.0 Å². The first-order chi connectivity index (χ1) is 15.9. The van der Waals surface area contributed by atoms with Crippen LogP contribution in [0.1, 0.15) is 36.2 Å². The summed E-state index contributed by atoms with van der Waals surface area (Å²) >= 11 is 0. The van der Waals surface area contributed by atoms with Gasteiger partial charge in [0.1, 0.15) is 0 Å². The maximum atomic E-state index is 11.9. The first kappa shape index (κ1) is 28.8. The molecule has 2 aromatic rings. The molecule has 0 fully saturated rings. The Hall–Kier alpha value is -4.20. The van der Waals surface area contributed by atoms with Gasteiger partial charge in [0.2, 0.25) is 0 Å². The van der Waals surface area contributed by atoms with E-state index in [1.165, 1.54) is 5.34 Å². The van der Waals surface area contributed by atoms with E-state index in [0.29, 0.717) is 5.57 Å². The smallest absolute Gasteiger partial charge is 0.252 e. The molecule has 0 radical (unpaired) electrons. The van der Waals surface area contributed by atoms with Gasteiger partial charge in [0.05, 0.1) is 5.76 Å². The Balaban J connectivity index is 0.000000552. The second-order valence-electron chi connectivity index (χ2n) is 6.21. The molecule has 4 N–H and O–H groups in total. The molecular weight excluding hydrogens is 422 g/mol. The molecule has 2 aromatic carbocycles. The molecule has 0 aliphatic heterocycles. The lowest BCUT2D eigenvalue weighted by molar-refractivity contribution is -0.113. The summed E-state index contributed by atoms with van der Waals surface area (Å²) < 4.78 is 0. The van der Waals surface area contributed by atoms with Crippen molar-refractivity contribution in [1.29, 1.82) is 0 Å². The number of hydrogen-bond donors (Lipinski definition) is 4. The van der Waals surface area contributed by atoms with Crippen LogP contribution in [0, 0.1) is 11.8 Å². The van der Waals surface area contributed by atoms with Gasteiger partial charge in [-0.25, -0.2) is 0 Å². The second-order valence-corrected chi connectivity index (χ2v) is 6.21. The predicted octanol–water partition coefficient (Wildman–Crippen LogP) is 5.48. The van der Waals surface area contributed by atoms with Crippen LogP contribution in [0.25, 0.3) is 0 Å². The van der Waals surface area contributed by atoms with Gasteiger partial charge in [-0.3, -0.25) is 9.59 Å². The summed E-state index contributed by atoms with van der Waals surface area (Å²) in [4.78, 5) is 31.1. The van der Waals surface area contributed by atoms with Crippen molar-refractivity contribution in [3.05, 3.63) is 106 Å².